The molecule has 1 atom stereocenters. The van der Waals surface area contributed by atoms with Gasteiger partial charge >= 0.3 is 0 Å². The van der Waals surface area contributed by atoms with Crippen molar-refractivity contribution in [1.82, 2.24) is 10.2 Å². The van der Waals surface area contributed by atoms with Crippen molar-refractivity contribution in [3.05, 3.63) is 22.4 Å². The van der Waals surface area contributed by atoms with Crippen LogP contribution in [-0.2, 0) is 11.3 Å². The Bertz CT molecular complexity index is 400. The highest BCUT2D eigenvalue weighted by molar-refractivity contribution is 7.07. The molecule has 1 aliphatic heterocycles. The second-order valence-electron chi connectivity index (χ2n) is 5.60. The molecule has 1 aromatic heterocycles. The molecule has 2 heterocycles. The fourth-order valence-electron chi connectivity index (χ4n) is 2.61. The first-order valence-electron chi connectivity index (χ1n) is 6.54. The number of rotatable bonds is 3. The molecule has 0 spiro atoms. The molecule has 1 N–H and O–H groups in total. The van der Waals surface area contributed by atoms with E-state index in [-0.39, 0.29) is 17.5 Å². The van der Waals surface area contributed by atoms with Crippen LogP contribution in [0.3, 0.4) is 0 Å². The summed E-state index contributed by atoms with van der Waals surface area (Å²) in [5.74, 6) is 0.242. The Kier molecular flexibility index (Phi) is 4.07. The van der Waals surface area contributed by atoms with Crippen molar-refractivity contribution in [2.75, 3.05) is 7.05 Å². The topological polar surface area (TPSA) is 32.3 Å². The molecule has 1 saturated heterocycles. The van der Waals surface area contributed by atoms with Gasteiger partial charge in [-0.1, -0.05) is 0 Å². The zero-order valence-corrected chi connectivity index (χ0v) is 12.2. The van der Waals surface area contributed by atoms with E-state index < -0.39 is 0 Å². The maximum atomic E-state index is 12.6. The molecule has 3 nitrogen and oxygen atoms in total. The summed E-state index contributed by atoms with van der Waals surface area (Å²) in [6, 6.07) is 2.08. The van der Waals surface area contributed by atoms with Crippen molar-refractivity contribution in [1.29, 1.82) is 0 Å². The average Bonchev–Trinajstić information content (AvgIpc) is 2.80. The Hall–Kier alpha value is -0.870. The van der Waals surface area contributed by atoms with E-state index in [4.69, 9.17) is 0 Å². The monoisotopic (exact) mass is 266 g/mol. The van der Waals surface area contributed by atoms with E-state index in [0.717, 1.165) is 25.8 Å². The van der Waals surface area contributed by atoms with Crippen LogP contribution in [-0.4, -0.2) is 29.4 Å². The molecule has 1 unspecified atom stereocenters. The molecule has 4 heteroatoms. The summed E-state index contributed by atoms with van der Waals surface area (Å²) in [5.41, 5.74) is 1.18. The minimum absolute atomic E-state index is 0.0228. The van der Waals surface area contributed by atoms with E-state index in [1.54, 1.807) is 11.3 Å². The van der Waals surface area contributed by atoms with Crippen LogP contribution < -0.4 is 5.32 Å². The summed E-state index contributed by atoms with van der Waals surface area (Å²) >= 11 is 1.69. The van der Waals surface area contributed by atoms with Crippen LogP contribution >= 0.6 is 11.3 Å². The number of hydrogen-bond donors (Lipinski definition) is 1. The van der Waals surface area contributed by atoms with E-state index in [1.807, 2.05) is 11.9 Å². The lowest BCUT2D eigenvalue weighted by Crippen LogP contribution is -2.51. The van der Waals surface area contributed by atoms with Gasteiger partial charge in [0.15, 0.2) is 0 Å². The smallest absolute Gasteiger partial charge is 0.240 e. The molecule has 0 radical (unpaired) electrons. The van der Waals surface area contributed by atoms with Crippen molar-refractivity contribution in [2.45, 2.75) is 51.2 Å². The van der Waals surface area contributed by atoms with E-state index >= 15 is 0 Å². The summed E-state index contributed by atoms with van der Waals surface area (Å²) in [6.45, 7) is 5.08. The lowest BCUT2D eigenvalue weighted by atomic mass is 9.96. The molecule has 0 aliphatic carbocycles. The molecule has 1 fully saturated rings. The highest BCUT2D eigenvalue weighted by atomic mass is 32.1. The van der Waals surface area contributed by atoms with Gasteiger partial charge in [0.05, 0.1) is 6.04 Å². The molecule has 18 heavy (non-hydrogen) atoms. The maximum absolute atomic E-state index is 12.6. The molecular weight excluding hydrogens is 244 g/mol. The first-order valence-corrected chi connectivity index (χ1v) is 7.49. The van der Waals surface area contributed by atoms with Gasteiger partial charge in [-0.3, -0.25) is 4.79 Å². The number of likely N-dealkylation sites (N-methyl/N-ethyl adjacent to an activating group) is 1. The molecule has 2 rings (SSSR count). The zero-order valence-electron chi connectivity index (χ0n) is 11.4. The largest absolute Gasteiger partial charge is 0.332 e. The number of amides is 1. The predicted octanol–water partition coefficient (Wildman–Crippen LogP) is 2.63. The van der Waals surface area contributed by atoms with Gasteiger partial charge in [-0.2, -0.15) is 11.3 Å². The minimum atomic E-state index is -0.0510. The zero-order chi connectivity index (χ0) is 13.2. The third kappa shape index (κ3) is 2.75. The molecule has 1 amide bonds. The Morgan fingerprint density at radius 2 is 2.33 bits per heavy atom. The Morgan fingerprint density at radius 1 is 1.56 bits per heavy atom. The van der Waals surface area contributed by atoms with Crippen molar-refractivity contribution < 1.29 is 4.79 Å². The van der Waals surface area contributed by atoms with E-state index in [9.17, 15) is 4.79 Å². The summed E-state index contributed by atoms with van der Waals surface area (Å²) in [4.78, 5) is 14.6. The molecule has 0 saturated carbocycles. The van der Waals surface area contributed by atoms with Crippen LogP contribution in [0.2, 0.25) is 0 Å². The van der Waals surface area contributed by atoms with Crippen LogP contribution in [0, 0.1) is 0 Å². The predicted molar refractivity (Wildman–Crippen MR) is 75.6 cm³/mol. The van der Waals surface area contributed by atoms with Crippen LogP contribution in [0.5, 0.6) is 0 Å². The molecule has 0 aromatic carbocycles. The van der Waals surface area contributed by atoms with Gasteiger partial charge in [-0.15, -0.1) is 0 Å². The lowest BCUT2D eigenvalue weighted by Gasteiger charge is -2.38. The van der Waals surface area contributed by atoms with E-state index in [0.29, 0.717) is 0 Å². The van der Waals surface area contributed by atoms with Crippen molar-refractivity contribution in [3.8, 4) is 0 Å². The third-order valence-corrected chi connectivity index (χ3v) is 4.58. The second kappa shape index (κ2) is 5.41. The van der Waals surface area contributed by atoms with Crippen LogP contribution in [0.25, 0.3) is 0 Å². The number of likely N-dealkylation sites (tertiary alicyclic amines) is 1. The van der Waals surface area contributed by atoms with Crippen molar-refractivity contribution in [2.24, 2.45) is 0 Å². The van der Waals surface area contributed by atoms with Gasteiger partial charge in [-0.25, -0.2) is 0 Å². The summed E-state index contributed by atoms with van der Waals surface area (Å²) in [5, 5.41) is 7.35. The molecule has 100 valence electrons. The van der Waals surface area contributed by atoms with Gasteiger partial charge < -0.3 is 10.2 Å². The highest BCUT2D eigenvalue weighted by Crippen LogP contribution is 2.29. The summed E-state index contributed by atoms with van der Waals surface area (Å²) in [6.07, 6.45) is 3.12. The standard InChI is InChI=1S/C14H22N2OS/c1-14(2)7-4-5-12(15-3)13(17)16(14)9-11-6-8-18-10-11/h6,8,10,12,15H,4-5,7,9H2,1-3H3. The molecule has 1 aliphatic rings. The Labute approximate surface area is 113 Å². The van der Waals surface area contributed by atoms with Crippen molar-refractivity contribution >= 4 is 17.2 Å². The number of carbonyl (C=O) groups excluding carboxylic acids is 1. The summed E-state index contributed by atoms with van der Waals surface area (Å²) < 4.78 is 0. The van der Waals surface area contributed by atoms with Crippen LogP contribution in [0.1, 0.15) is 38.7 Å². The fourth-order valence-corrected chi connectivity index (χ4v) is 3.27. The highest BCUT2D eigenvalue weighted by Gasteiger charge is 2.36. The Balaban J connectivity index is 2.22. The SMILES string of the molecule is CNC1CCCC(C)(C)N(Cc2ccsc2)C1=O. The van der Waals surface area contributed by atoms with E-state index in [1.165, 1.54) is 5.56 Å². The molecular formula is C14H22N2OS. The van der Waals surface area contributed by atoms with Crippen molar-refractivity contribution in [3.63, 3.8) is 0 Å². The van der Waals surface area contributed by atoms with Gasteiger partial charge in [0.1, 0.15) is 0 Å². The minimum Gasteiger partial charge on any atom is -0.332 e. The number of nitrogens with one attached hydrogen (secondary N) is 1. The second-order valence-corrected chi connectivity index (χ2v) is 6.38. The number of thiophene rings is 1. The lowest BCUT2D eigenvalue weighted by molar-refractivity contribution is -0.138. The van der Waals surface area contributed by atoms with Gasteiger partial charge in [0, 0.05) is 12.1 Å². The first-order chi connectivity index (χ1) is 8.54. The maximum Gasteiger partial charge on any atom is 0.240 e. The van der Waals surface area contributed by atoms with Gasteiger partial charge in [0.25, 0.3) is 0 Å². The summed E-state index contributed by atoms with van der Waals surface area (Å²) in [7, 11) is 1.88. The molecule has 1 aromatic rings. The normalized spacial score (nSPS) is 24.1. The third-order valence-electron chi connectivity index (χ3n) is 3.85. The van der Waals surface area contributed by atoms with Gasteiger partial charge in [0.2, 0.25) is 5.91 Å². The molecule has 0 bridgehead atoms. The first kappa shape index (κ1) is 13.6. The number of nitrogens with zero attached hydrogens (tertiary/aromatic N) is 1. The van der Waals surface area contributed by atoms with Crippen LogP contribution in [0.15, 0.2) is 16.8 Å². The van der Waals surface area contributed by atoms with Crippen LogP contribution in [0.4, 0.5) is 0 Å². The van der Waals surface area contributed by atoms with E-state index in [2.05, 4.69) is 36.0 Å². The number of carbonyl (C=O) groups is 1. The Morgan fingerprint density at radius 3 is 2.94 bits per heavy atom. The number of hydrogen-bond acceptors (Lipinski definition) is 3. The average molecular weight is 266 g/mol. The fraction of sp³-hybridized carbons (Fsp3) is 0.643. The quantitative estimate of drug-likeness (QED) is 0.912. The van der Waals surface area contributed by atoms with Gasteiger partial charge in [-0.05, 0) is 62.5 Å².